The topological polar surface area (TPSA) is 29.1 Å². The molecule has 1 N–H and O–H groups in total. The Labute approximate surface area is 70.0 Å². The predicted octanol–water partition coefficient (Wildman–Crippen LogP) is 1.70. The van der Waals surface area contributed by atoms with Crippen molar-refractivity contribution < 1.29 is 4.21 Å². The smallest absolute Gasteiger partial charge is 0.142 e. The molecule has 62 valence electrons. The van der Waals surface area contributed by atoms with Crippen LogP contribution < -0.4 is 4.72 Å². The molecule has 2 nitrogen and oxygen atoms in total. The Morgan fingerprint density at radius 3 is 2.45 bits per heavy atom. The van der Waals surface area contributed by atoms with Gasteiger partial charge >= 0.3 is 0 Å². The van der Waals surface area contributed by atoms with Gasteiger partial charge < -0.3 is 4.72 Å². The lowest BCUT2D eigenvalue weighted by molar-refractivity contribution is 0.485. The van der Waals surface area contributed by atoms with Crippen molar-refractivity contribution in [1.82, 2.24) is 4.72 Å². The summed E-state index contributed by atoms with van der Waals surface area (Å²) in [6, 6.07) is 0. The maximum Gasteiger partial charge on any atom is 0.142 e. The summed E-state index contributed by atoms with van der Waals surface area (Å²) in [6.45, 7) is 6.26. The van der Waals surface area contributed by atoms with Crippen LogP contribution in [-0.4, -0.2) is 4.21 Å². The fourth-order valence-electron chi connectivity index (χ4n) is 0.786. The molecule has 0 spiro atoms. The number of hydrogen-bond donors (Lipinski definition) is 1. The van der Waals surface area contributed by atoms with Crippen LogP contribution >= 0.6 is 0 Å². The highest BCUT2D eigenvalue weighted by Crippen LogP contribution is 2.24. The Kier molecular flexibility index (Phi) is 2.18. The summed E-state index contributed by atoms with van der Waals surface area (Å²) in [6.07, 6.45) is 3.79. The minimum absolute atomic E-state index is 0.0560. The molecule has 1 aliphatic heterocycles. The van der Waals surface area contributed by atoms with Gasteiger partial charge in [0, 0.05) is 16.5 Å². The third-order valence-corrected chi connectivity index (χ3v) is 2.31. The second kappa shape index (κ2) is 2.81. The van der Waals surface area contributed by atoms with Crippen LogP contribution in [0.1, 0.15) is 20.8 Å². The Balaban J connectivity index is 2.83. The number of hydrogen-bond acceptors (Lipinski definition) is 1. The van der Waals surface area contributed by atoms with Crippen molar-refractivity contribution in [3.8, 4) is 0 Å². The fraction of sp³-hybridized carbons (Fsp3) is 0.500. The van der Waals surface area contributed by atoms with Crippen molar-refractivity contribution in [2.45, 2.75) is 20.8 Å². The highest BCUT2D eigenvalue weighted by atomic mass is 32.2. The van der Waals surface area contributed by atoms with E-state index in [1.165, 1.54) is 0 Å². The Bertz CT molecular complexity index is 235. The van der Waals surface area contributed by atoms with Gasteiger partial charge in [-0.2, -0.15) is 0 Å². The maximum atomic E-state index is 11.0. The zero-order valence-electron chi connectivity index (χ0n) is 7.05. The van der Waals surface area contributed by atoms with Crippen molar-refractivity contribution in [3.05, 3.63) is 23.3 Å². The molecule has 0 saturated carbocycles. The lowest BCUT2D eigenvalue weighted by Gasteiger charge is -2.24. The van der Waals surface area contributed by atoms with E-state index in [4.69, 9.17) is 0 Å². The first kappa shape index (κ1) is 8.53. The van der Waals surface area contributed by atoms with Gasteiger partial charge in [-0.3, -0.25) is 0 Å². The quantitative estimate of drug-likeness (QED) is 0.590. The number of allylic oxidation sites excluding steroid dienone is 3. The molecule has 0 bridgehead atoms. The van der Waals surface area contributed by atoms with Crippen LogP contribution in [0.5, 0.6) is 0 Å². The highest BCUT2D eigenvalue weighted by Gasteiger charge is 2.18. The van der Waals surface area contributed by atoms with Crippen LogP contribution in [0.25, 0.3) is 0 Å². The van der Waals surface area contributed by atoms with Crippen molar-refractivity contribution >= 4 is 11.0 Å². The monoisotopic (exact) mass is 171 g/mol. The molecule has 0 aliphatic carbocycles. The lowest BCUT2D eigenvalue weighted by atomic mass is 9.92. The predicted molar refractivity (Wildman–Crippen MR) is 48.0 cm³/mol. The van der Waals surface area contributed by atoms with Gasteiger partial charge in [-0.15, -0.1) is 0 Å². The molecular weight excluding hydrogens is 158 g/mol. The van der Waals surface area contributed by atoms with E-state index < -0.39 is 11.0 Å². The van der Waals surface area contributed by atoms with Gasteiger partial charge in [0.1, 0.15) is 11.0 Å². The first-order valence-corrected chi connectivity index (χ1v) is 4.77. The van der Waals surface area contributed by atoms with E-state index in [9.17, 15) is 4.21 Å². The van der Waals surface area contributed by atoms with Crippen LogP contribution in [0.4, 0.5) is 0 Å². The summed E-state index contributed by atoms with van der Waals surface area (Å²) in [5.41, 5.74) is 1.08. The Hall–Kier alpha value is -0.570. The Morgan fingerprint density at radius 1 is 1.45 bits per heavy atom. The molecule has 0 fully saturated rings. The van der Waals surface area contributed by atoms with Crippen molar-refractivity contribution in [3.63, 3.8) is 0 Å². The molecule has 0 amide bonds. The van der Waals surface area contributed by atoms with Gasteiger partial charge in [-0.05, 0) is 12.2 Å². The molecule has 3 heteroatoms. The summed E-state index contributed by atoms with van der Waals surface area (Å²) >= 11 is 0. The lowest BCUT2D eigenvalue weighted by Crippen LogP contribution is -2.26. The third kappa shape index (κ3) is 2.19. The highest BCUT2D eigenvalue weighted by molar-refractivity contribution is 7.86. The molecule has 0 radical (unpaired) electrons. The summed E-state index contributed by atoms with van der Waals surface area (Å²) in [4.78, 5) is 0. The van der Waals surface area contributed by atoms with Crippen LogP contribution in [0, 0.1) is 5.41 Å². The standard InChI is InChI=1S/C8H13NOS/c1-8(2,3)7-5-4-6-11(10)9-7/h4-6,9H,1-3H3. The molecule has 0 aromatic carbocycles. The van der Waals surface area contributed by atoms with E-state index in [2.05, 4.69) is 25.5 Å². The van der Waals surface area contributed by atoms with Gasteiger partial charge in [0.25, 0.3) is 0 Å². The van der Waals surface area contributed by atoms with E-state index in [0.29, 0.717) is 0 Å². The maximum absolute atomic E-state index is 11.0. The minimum Gasteiger partial charge on any atom is -0.305 e. The molecule has 1 unspecified atom stereocenters. The fourth-order valence-corrected chi connectivity index (χ4v) is 1.67. The summed E-state index contributed by atoms with van der Waals surface area (Å²) in [5.74, 6) is 0. The van der Waals surface area contributed by atoms with Crippen molar-refractivity contribution in [2.24, 2.45) is 5.41 Å². The van der Waals surface area contributed by atoms with E-state index in [-0.39, 0.29) is 5.41 Å². The molecule has 0 aromatic rings. The third-order valence-electron chi connectivity index (χ3n) is 1.48. The molecular formula is C8H13NOS. The summed E-state index contributed by atoms with van der Waals surface area (Å²) in [5, 5.41) is 1.63. The van der Waals surface area contributed by atoms with Crippen LogP contribution in [0.2, 0.25) is 0 Å². The zero-order valence-corrected chi connectivity index (χ0v) is 7.87. The molecule has 1 heterocycles. The SMILES string of the molecule is CC(C)(C)C1=CC=CS(=O)N1. The van der Waals surface area contributed by atoms with E-state index in [1.54, 1.807) is 5.41 Å². The summed E-state index contributed by atoms with van der Waals surface area (Å²) < 4.78 is 13.9. The molecule has 11 heavy (non-hydrogen) atoms. The molecule has 1 rings (SSSR count). The second-order valence-electron chi connectivity index (χ2n) is 3.56. The Morgan fingerprint density at radius 2 is 2.09 bits per heavy atom. The minimum atomic E-state index is -1.02. The van der Waals surface area contributed by atoms with Crippen LogP contribution in [0.3, 0.4) is 0 Å². The van der Waals surface area contributed by atoms with Crippen LogP contribution in [-0.2, 0) is 11.0 Å². The zero-order chi connectivity index (χ0) is 8.48. The molecule has 1 aliphatic rings. The number of nitrogens with one attached hydrogen (secondary N) is 1. The van der Waals surface area contributed by atoms with Gasteiger partial charge in [-0.25, -0.2) is 4.21 Å². The van der Waals surface area contributed by atoms with Crippen molar-refractivity contribution in [1.29, 1.82) is 0 Å². The first-order valence-electron chi connectivity index (χ1n) is 3.56. The van der Waals surface area contributed by atoms with E-state index >= 15 is 0 Å². The average molecular weight is 171 g/mol. The molecule has 0 aromatic heterocycles. The van der Waals surface area contributed by atoms with Gasteiger partial charge in [0.2, 0.25) is 0 Å². The van der Waals surface area contributed by atoms with E-state index in [0.717, 1.165) is 5.70 Å². The van der Waals surface area contributed by atoms with Gasteiger partial charge in [0.15, 0.2) is 0 Å². The number of rotatable bonds is 0. The van der Waals surface area contributed by atoms with E-state index in [1.807, 2.05) is 12.2 Å². The largest absolute Gasteiger partial charge is 0.305 e. The molecule has 0 saturated heterocycles. The first-order chi connectivity index (χ1) is 5.00. The molecule has 1 atom stereocenters. The normalized spacial score (nSPS) is 24.3. The second-order valence-corrected chi connectivity index (χ2v) is 4.63. The van der Waals surface area contributed by atoms with Crippen LogP contribution in [0.15, 0.2) is 23.3 Å². The van der Waals surface area contributed by atoms with Gasteiger partial charge in [-0.1, -0.05) is 20.8 Å². The summed E-state index contributed by atoms with van der Waals surface area (Å²) in [7, 11) is -1.02. The average Bonchev–Trinajstić information content (AvgIpc) is 1.86. The van der Waals surface area contributed by atoms with Crippen molar-refractivity contribution in [2.75, 3.05) is 0 Å². The van der Waals surface area contributed by atoms with Gasteiger partial charge in [0.05, 0.1) is 0 Å².